The number of rotatable bonds is 2. The Bertz CT molecular complexity index is 546. The number of hydrogen-bond donors (Lipinski definition) is 1. The summed E-state index contributed by atoms with van der Waals surface area (Å²) in [5.41, 5.74) is -0.493. The van der Waals surface area contributed by atoms with Gasteiger partial charge in [0.15, 0.2) is 0 Å². The summed E-state index contributed by atoms with van der Waals surface area (Å²) in [6.45, 7) is 0. The lowest BCUT2D eigenvalue weighted by atomic mass is 9.55. The summed E-state index contributed by atoms with van der Waals surface area (Å²) in [6, 6.07) is 0.570. The van der Waals surface area contributed by atoms with Gasteiger partial charge in [-0.25, -0.2) is 9.97 Å². The summed E-state index contributed by atoms with van der Waals surface area (Å²) in [7, 11) is 0. The van der Waals surface area contributed by atoms with E-state index in [2.05, 4.69) is 14.9 Å². The van der Waals surface area contributed by atoms with Gasteiger partial charge in [-0.05, 0) is 38.0 Å². The number of carbonyl (C=O) groups is 1. The maximum atomic E-state index is 11.7. The van der Waals surface area contributed by atoms with Gasteiger partial charge in [0, 0.05) is 12.1 Å². The summed E-state index contributed by atoms with van der Waals surface area (Å²) in [6.07, 6.45) is 7.76. The number of piperidine rings is 2. The van der Waals surface area contributed by atoms with Gasteiger partial charge in [0.25, 0.3) is 0 Å². The molecule has 0 spiro atoms. The van der Waals surface area contributed by atoms with Gasteiger partial charge in [0.1, 0.15) is 11.0 Å². The lowest BCUT2D eigenvalue weighted by Crippen LogP contribution is -2.64. The van der Waals surface area contributed by atoms with Gasteiger partial charge in [-0.1, -0.05) is 11.6 Å². The molecule has 1 aromatic heterocycles. The van der Waals surface area contributed by atoms with Crippen molar-refractivity contribution in [1.29, 1.82) is 0 Å². The molecule has 4 aliphatic rings. The average Bonchev–Trinajstić information content (AvgIpc) is 2.39. The largest absolute Gasteiger partial charge is 0.481 e. The maximum absolute atomic E-state index is 11.7. The van der Waals surface area contributed by atoms with Crippen molar-refractivity contribution in [2.75, 3.05) is 4.90 Å². The zero-order chi connectivity index (χ0) is 13.9. The van der Waals surface area contributed by atoms with E-state index in [0.29, 0.717) is 11.1 Å². The van der Waals surface area contributed by atoms with Gasteiger partial charge in [0.2, 0.25) is 0 Å². The molecule has 3 heterocycles. The molecule has 0 aromatic carbocycles. The predicted octanol–water partition coefficient (Wildman–Crippen LogP) is 2.35. The fourth-order valence-electron chi connectivity index (χ4n) is 4.70. The van der Waals surface area contributed by atoms with Crippen LogP contribution in [0.3, 0.4) is 0 Å². The third-order valence-electron chi connectivity index (χ3n) is 5.25. The molecule has 2 unspecified atom stereocenters. The first-order valence-electron chi connectivity index (χ1n) is 7.07. The van der Waals surface area contributed by atoms with Crippen LogP contribution in [0.4, 0.5) is 5.82 Å². The van der Waals surface area contributed by atoms with E-state index in [9.17, 15) is 9.90 Å². The molecular formula is C14H16ClN3O2. The van der Waals surface area contributed by atoms with Crippen LogP contribution in [0.2, 0.25) is 5.15 Å². The summed E-state index contributed by atoms with van der Waals surface area (Å²) in [4.78, 5) is 22.5. The second kappa shape index (κ2) is 4.07. The van der Waals surface area contributed by atoms with E-state index in [1.54, 1.807) is 12.4 Å². The highest BCUT2D eigenvalue weighted by molar-refractivity contribution is 6.29. The van der Waals surface area contributed by atoms with Crippen LogP contribution in [0.5, 0.6) is 0 Å². The molecule has 1 aromatic rings. The Morgan fingerprint density at radius 2 is 1.95 bits per heavy atom. The van der Waals surface area contributed by atoms with Crippen molar-refractivity contribution in [2.45, 2.75) is 44.2 Å². The normalized spacial score (nSPS) is 38.2. The lowest BCUT2D eigenvalue weighted by Gasteiger charge is -2.60. The molecule has 0 radical (unpaired) electrons. The first kappa shape index (κ1) is 12.4. The molecule has 106 valence electrons. The second-order valence-electron chi connectivity index (χ2n) is 6.45. The molecule has 5 rings (SSSR count). The number of halogens is 1. The molecule has 6 heteroatoms. The quantitative estimate of drug-likeness (QED) is 0.906. The molecule has 0 amide bonds. The highest BCUT2D eigenvalue weighted by Gasteiger charge is 2.58. The SMILES string of the molecule is O=C(O)C12CC3C[C@H](C1)N(c1cnc(Cl)cn1)[C@@H](C3)C2. The Hall–Kier alpha value is -1.36. The van der Waals surface area contributed by atoms with Crippen molar-refractivity contribution in [1.82, 2.24) is 9.97 Å². The Morgan fingerprint density at radius 3 is 2.50 bits per heavy atom. The smallest absolute Gasteiger partial charge is 0.309 e. The molecule has 2 saturated carbocycles. The summed E-state index contributed by atoms with van der Waals surface area (Å²) in [5.74, 6) is 0.780. The molecule has 2 aliphatic heterocycles. The molecule has 4 atom stereocenters. The van der Waals surface area contributed by atoms with Crippen LogP contribution in [-0.2, 0) is 4.79 Å². The minimum Gasteiger partial charge on any atom is -0.481 e. The number of aromatic nitrogens is 2. The summed E-state index contributed by atoms with van der Waals surface area (Å²) < 4.78 is 0. The van der Waals surface area contributed by atoms with Gasteiger partial charge >= 0.3 is 5.97 Å². The molecule has 2 saturated heterocycles. The van der Waals surface area contributed by atoms with Crippen molar-refractivity contribution in [2.24, 2.45) is 11.3 Å². The lowest BCUT2D eigenvalue weighted by molar-refractivity contribution is -0.158. The third-order valence-corrected chi connectivity index (χ3v) is 5.45. The van der Waals surface area contributed by atoms with Crippen molar-refractivity contribution < 1.29 is 9.90 Å². The first-order chi connectivity index (χ1) is 9.57. The van der Waals surface area contributed by atoms with E-state index in [1.165, 1.54) is 0 Å². The van der Waals surface area contributed by atoms with Gasteiger partial charge in [-0.15, -0.1) is 0 Å². The number of carboxylic acid groups (broad SMARTS) is 1. The Morgan fingerprint density at radius 1 is 1.25 bits per heavy atom. The van der Waals surface area contributed by atoms with Gasteiger partial charge in [-0.2, -0.15) is 0 Å². The van der Waals surface area contributed by atoms with Crippen LogP contribution in [0.15, 0.2) is 12.4 Å². The average molecular weight is 294 g/mol. The number of anilines is 1. The summed E-state index contributed by atoms with van der Waals surface area (Å²) >= 11 is 5.80. The van der Waals surface area contributed by atoms with Crippen molar-refractivity contribution in [3.8, 4) is 0 Å². The number of nitrogens with zero attached hydrogens (tertiary/aromatic N) is 3. The second-order valence-corrected chi connectivity index (χ2v) is 6.83. The van der Waals surface area contributed by atoms with Gasteiger partial charge < -0.3 is 10.0 Å². The van der Waals surface area contributed by atoms with Crippen molar-refractivity contribution in [3.63, 3.8) is 0 Å². The highest BCUT2D eigenvalue weighted by atomic mass is 35.5. The number of aliphatic carboxylic acids is 1. The Kier molecular flexibility index (Phi) is 2.52. The summed E-state index contributed by atoms with van der Waals surface area (Å²) in [5, 5.41) is 10.00. The van der Waals surface area contributed by atoms with E-state index in [4.69, 9.17) is 11.6 Å². The first-order valence-corrected chi connectivity index (χ1v) is 7.44. The van der Waals surface area contributed by atoms with E-state index < -0.39 is 11.4 Å². The molecule has 1 N–H and O–H groups in total. The topological polar surface area (TPSA) is 66.3 Å². The Labute approximate surface area is 122 Å². The number of hydrogen-bond acceptors (Lipinski definition) is 4. The monoisotopic (exact) mass is 293 g/mol. The minimum absolute atomic E-state index is 0.285. The van der Waals surface area contributed by atoms with E-state index in [0.717, 1.165) is 37.9 Å². The van der Waals surface area contributed by atoms with Crippen LogP contribution < -0.4 is 4.90 Å². The van der Waals surface area contributed by atoms with E-state index >= 15 is 0 Å². The third kappa shape index (κ3) is 1.65. The molecule has 5 nitrogen and oxygen atoms in total. The molecule has 4 fully saturated rings. The van der Waals surface area contributed by atoms with Crippen LogP contribution in [-0.4, -0.2) is 33.1 Å². The zero-order valence-corrected chi connectivity index (χ0v) is 11.8. The molecule has 2 aliphatic carbocycles. The maximum Gasteiger partial charge on any atom is 0.309 e. The number of carboxylic acids is 1. The fraction of sp³-hybridized carbons (Fsp3) is 0.643. The van der Waals surface area contributed by atoms with Crippen molar-refractivity contribution >= 4 is 23.4 Å². The van der Waals surface area contributed by atoms with Crippen LogP contribution in [0.1, 0.15) is 32.1 Å². The van der Waals surface area contributed by atoms with E-state index in [1.807, 2.05) is 0 Å². The molecule has 4 bridgehead atoms. The fourth-order valence-corrected chi connectivity index (χ4v) is 4.80. The van der Waals surface area contributed by atoms with E-state index in [-0.39, 0.29) is 12.1 Å². The molecular weight excluding hydrogens is 278 g/mol. The van der Waals surface area contributed by atoms with Gasteiger partial charge in [0.05, 0.1) is 17.8 Å². The van der Waals surface area contributed by atoms with Crippen molar-refractivity contribution in [3.05, 3.63) is 17.5 Å². The van der Waals surface area contributed by atoms with Crippen LogP contribution in [0.25, 0.3) is 0 Å². The minimum atomic E-state index is -0.612. The highest BCUT2D eigenvalue weighted by Crippen LogP contribution is 2.56. The Balaban J connectivity index is 1.69. The standard InChI is InChI=1S/C14H16ClN3O2/c15-11-6-17-12(7-16-11)18-9-1-8-2-10(18)5-14(3-8,4-9)13(19)20/h6-10H,1-5H2,(H,19,20)/t8?,9-,10+,14?. The van der Waals surface area contributed by atoms with Crippen LogP contribution in [0, 0.1) is 11.3 Å². The zero-order valence-electron chi connectivity index (χ0n) is 11.0. The molecule has 20 heavy (non-hydrogen) atoms. The van der Waals surface area contributed by atoms with Crippen LogP contribution >= 0.6 is 11.6 Å². The van der Waals surface area contributed by atoms with Gasteiger partial charge in [-0.3, -0.25) is 4.79 Å². The predicted molar refractivity (Wildman–Crippen MR) is 73.7 cm³/mol.